The summed E-state index contributed by atoms with van der Waals surface area (Å²) in [7, 11) is 3.02. The normalized spacial score (nSPS) is 18.7. The third-order valence-electron chi connectivity index (χ3n) is 4.06. The Kier molecular flexibility index (Phi) is 4.43. The van der Waals surface area contributed by atoms with Gasteiger partial charge in [-0.3, -0.25) is 9.59 Å². The van der Waals surface area contributed by atoms with Crippen LogP contribution in [0.1, 0.15) is 17.2 Å². The fourth-order valence-electron chi connectivity index (χ4n) is 2.80. The molecule has 1 atom stereocenters. The SMILES string of the molecule is COc1ccc(C2NC(=O)C(=O)C2=C(O)c2ccccc2)cc1OC. The van der Waals surface area contributed by atoms with E-state index in [-0.39, 0.29) is 11.3 Å². The Morgan fingerprint density at radius 3 is 2.32 bits per heavy atom. The number of carbonyl (C=O) groups is 2. The van der Waals surface area contributed by atoms with Crippen LogP contribution in [0.15, 0.2) is 54.1 Å². The highest BCUT2D eigenvalue weighted by atomic mass is 16.5. The van der Waals surface area contributed by atoms with Crippen molar-refractivity contribution >= 4 is 17.4 Å². The van der Waals surface area contributed by atoms with Crippen LogP contribution in [0.3, 0.4) is 0 Å². The van der Waals surface area contributed by atoms with Gasteiger partial charge in [-0.2, -0.15) is 0 Å². The van der Waals surface area contributed by atoms with E-state index in [1.165, 1.54) is 14.2 Å². The summed E-state index contributed by atoms with van der Waals surface area (Å²) in [6.07, 6.45) is 0. The summed E-state index contributed by atoms with van der Waals surface area (Å²) in [5.74, 6) is -0.728. The summed E-state index contributed by atoms with van der Waals surface area (Å²) in [5, 5.41) is 13.2. The molecule has 1 amide bonds. The van der Waals surface area contributed by atoms with Gasteiger partial charge in [0.05, 0.1) is 25.8 Å². The maximum absolute atomic E-state index is 12.3. The van der Waals surface area contributed by atoms with Gasteiger partial charge < -0.3 is 19.9 Å². The maximum atomic E-state index is 12.3. The number of methoxy groups -OCH3 is 2. The third kappa shape index (κ3) is 2.94. The van der Waals surface area contributed by atoms with Gasteiger partial charge in [0.2, 0.25) is 0 Å². The Morgan fingerprint density at radius 2 is 1.68 bits per heavy atom. The van der Waals surface area contributed by atoms with Crippen LogP contribution in [0, 0.1) is 0 Å². The van der Waals surface area contributed by atoms with E-state index in [4.69, 9.17) is 9.47 Å². The fraction of sp³-hybridized carbons (Fsp3) is 0.158. The molecule has 1 unspecified atom stereocenters. The van der Waals surface area contributed by atoms with E-state index < -0.39 is 17.7 Å². The van der Waals surface area contributed by atoms with Crippen molar-refractivity contribution < 1.29 is 24.2 Å². The average Bonchev–Trinajstić information content (AvgIpc) is 2.96. The molecule has 0 saturated carbocycles. The lowest BCUT2D eigenvalue weighted by Crippen LogP contribution is -2.21. The Balaban J connectivity index is 2.11. The topological polar surface area (TPSA) is 84.9 Å². The zero-order valence-electron chi connectivity index (χ0n) is 13.8. The monoisotopic (exact) mass is 339 g/mol. The van der Waals surface area contributed by atoms with Gasteiger partial charge in [0.1, 0.15) is 5.76 Å². The quantitative estimate of drug-likeness (QED) is 0.508. The summed E-state index contributed by atoms with van der Waals surface area (Å²) in [6.45, 7) is 0. The van der Waals surface area contributed by atoms with Gasteiger partial charge in [-0.25, -0.2) is 0 Å². The van der Waals surface area contributed by atoms with Crippen LogP contribution < -0.4 is 14.8 Å². The van der Waals surface area contributed by atoms with E-state index in [1.54, 1.807) is 48.5 Å². The highest BCUT2D eigenvalue weighted by Gasteiger charge is 2.39. The van der Waals surface area contributed by atoms with Crippen molar-refractivity contribution in [1.29, 1.82) is 0 Å². The minimum atomic E-state index is -0.764. The van der Waals surface area contributed by atoms with Crippen LogP contribution in [0.5, 0.6) is 11.5 Å². The number of ether oxygens (including phenoxy) is 2. The minimum absolute atomic E-state index is 0.0171. The predicted molar refractivity (Wildman–Crippen MR) is 91.4 cm³/mol. The number of Topliss-reactive ketones (excluding diaryl/α,β-unsaturated/α-hetero) is 1. The largest absolute Gasteiger partial charge is 0.507 e. The standard InChI is InChI=1S/C19H17NO5/c1-24-13-9-8-12(10-14(13)25-2)16-15(18(22)19(23)20-16)17(21)11-6-4-3-5-7-11/h3-10,16,21H,1-2H3,(H,20,23). The van der Waals surface area contributed by atoms with Crippen LogP contribution in [0.2, 0.25) is 0 Å². The first kappa shape index (κ1) is 16.6. The summed E-state index contributed by atoms with van der Waals surface area (Å²) in [5.41, 5.74) is 1.09. The van der Waals surface area contributed by atoms with Crippen molar-refractivity contribution in [3.63, 3.8) is 0 Å². The van der Waals surface area contributed by atoms with Gasteiger partial charge in [0.15, 0.2) is 11.5 Å². The molecule has 0 bridgehead atoms. The van der Waals surface area contributed by atoms with Gasteiger partial charge in [-0.05, 0) is 17.7 Å². The zero-order chi connectivity index (χ0) is 18.0. The van der Waals surface area contributed by atoms with E-state index >= 15 is 0 Å². The molecule has 1 aliphatic rings. The summed E-state index contributed by atoms with van der Waals surface area (Å²) in [4.78, 5) is 24.2. The minimum Gasteiger partial charge on any atom is -0.507 e. The molecule has 1 heterocycles. The fourth-order valence-corrected chi connectivity index (χ4v) is 2.80. The van der Waals surface area contributed by atoms with E-state index in [0.717, 1.165) is 0 Å². The van der Waals surface area contributed by atoms with Gasteiger partial charge in [0, 0.05) is 5.56 Å². The number of hydrogen-bond acceptors (Lipinski definition) is 5. The molecule has 3 rings (SSSR count). The second-order valence-electron chi connectivity index (χ2n) is 5.48. The second kappa shape index (κ2) is 6.68. The Hall–Kier alpha value is -3.28. The van der Waals surface area contributed by atoms with Gasteiger partial charge >= 0.3 is 0 Å². The lowest BCUT2D eigenvalue weighted by molar-refractivity contribution is -0.133. The third-order valence-corrected chi connectivity index (χ3v) is 4.06. The van der Waals surface area contributed by atoms with Crippen molar-refractivity contribution in [1.82, 2.24) is 5.32 Å². The Labute approximate surface area is 144 Å². The molecule has 1 saturated heterocycles. The molecule has 2 aromatic rings. The smallest absolute Gasteiger partial charge is 0.293 e. The number of hydrogen-bond donors (Lipinski definition) is 2. The van der Waals surface area contributed by atoms with Crippen molar-refractivity contribution in [2.75, 3.05) is 14.2 Å². The highest BCUT2D eigenvalue weighted by Crippen LogP contribution is 2.36. The molecule has 128 valence electrons. The van der Waals surface area contributed by atoms with Crippen molar-refractivity contribution in [3.05, 3.63) is 65.2 Å². The number of carbonyl (C=O) groups excluding carboxylic acids is 2. The molecule has 2 N–H and O–H groups in total. The van der Waals surface area contributed by atoms with Crippen LogP contribution in [-0.4, -0.2) is 31.0 Å². The molecule has 6 heteroatoms. The van der Waals surface area contributed by atoms with E-state index in [9.17, 15) is 14.7 Å². The number of rotatable bonds is 4. The predicted octanol–water partition coefficient (Wildman–Crippen LogP) is 2.41. The number of aliphatic hydroxyl groups excluding tert-OH is 1. The first-order valence-corrected chi connectivity index (χ1v) is 7.62. The van der Waals surface area contributed by atoms with E-state index in [1.807, 2.05) is 0 Å². The number of amides is 1. The molecule has 0 aromatic heterocycles. The Bertz CT molecular complexity index is 857. The van der Waals surface area contributed by atoms with E-state index in [0.29, 0.717) is 22.6 Å². The lowest BCUT2D eigenvalue weighted by Gasteiger charge is -2.16. The molecule has 1 fully saturated rings. The molecule has 25 heavy (non-hydrogen) atoms. The van der Waals surface area contributed by atoms with Crippen LogP contribution in [0.4, 0.5) is 0 Å². The van der Waals surface area contributed by atoms with Crippen LogP contribution >= 0.6 is 0 Å². The second-order valence-corrected chi connectivity index (χ2v) is 5.48. The molecular formula is C19H17NO5. The number of benzene rings is 2. The lowest BCUT2D eigenvalue weighted by atomic mass is 9.95. The first-order chi connectivity index (χ1) is 12.1. The summed E-state index contributed by atoms with van der Waals surface area (Å²) in [6, 6.07) is 12.9. The number of nitrogens with one attached hydrogen (secondary N) is 1. The summed E-state index contributed by atoms with van der Waals surface area (Å²) < 4.78 is 10.5. The molecular weight excluding hydrogens is 322 g/mol. The van der Waals surface area contributed by atoms with Gasteiger partial charge in [-0.1, -0.05) is 36.4 Å². The average molecular weight is 339 g/mol. The van der Waals surface area contributed by atoms with E-state index in [2.05, 4.69) is 5.32 Å². The first-order valence-electron chi connectivity index (χ1n) is 7.62. The van der Waals surface area contributed by atoms with Gasteiger partial charge in [-0.15, -0.1) is 0 Å². The molecule has 2 aromatic carbocycles. The molecule has 0 aliphatic carbocycles. The van der Waals surface area contributed by atoms with Crippen LogP contribution in [0.25, 0.3) is 5.76 Å². The zero-order valence-corrected chi connectivity index (χ0v) is 13.8. The maximum Gasteiger partial charge on any atom is 0.293 e. The van der Waals surface area contributed by atoms with Crippen molar-refractivity contribution in [2.24, 2.45) is 0 Å². The van der Waals surface area contributed by atoms with Crippen molar-refractivity contribution in [2.45, 2.75) is 6.04 Å². The number of ketones is 1. The number of aliphatic hydroxyl groups is 1. The van der Waals surface area contributed by atoms with Crippen molar-refractivity contribution in [3.8, 4) is 11.5 Å². The summed E-state index contributed by atoms with van der Waals surface area (Å²) >= 11 is 0. The molecule has 0 radical (unpaired) electrons. The Morgan fingerprint density at radius 1 is 1.00 bits per heavy atom. The van der Waals surface area contributed by atoms with Crippen LogP contribution in [-0.2, 0) is 9.59 Å². The molecule has 1 aliphatic heterocycles. The molecule has 0 spiro atoms. The molecule has 6 nitrogen and oxygen atoms in total. The van der Waals surface area contributed by atoms with Gasteiger partial charge in [0.25, 0.3) is 11.7 Å². The highest BCUT2D eigenvalue weighted by molar-refractivity contribution is 6.46.